The smallest absolute Gasteiger partial charge is 0.337 e. The van der Waals surface area contributed by atoms with Crippen molar-refractivity contribution in [1.82, 2.24) is 10.6 Å². The number of hydrogen-bond donors (Lipinski definition) is 4. The van der Waals surface area contributed by atoms with Gasteiger partial charge in [-0.1, -0.05) is 6.92 Å². The number of ether oxygens (including phenoxy) is 1. The number of phenols is 2. The molecule has 0 aliphatic carbocycles. The van der Waals surface area contributed by atoms with Crippen molar-refractivity contribution in [2.45, 2.75) is 19.4 Å². The summed E-state index contributed by atoms with van der Waals surface area (Å²) in [5.74, 6) is -1.10. The molecule has 0 bridgehead atoms. The van der Waals surface area contributed by atoms with Crippen LogP contribution in [0, 0.1) is 0 Å². The first-order valence-electron chi connectivity index (χ1n) is 6.60. The van der Waals surface area contributed by atoms with Crippen LogP contribution in [-0.4, -0.2) is 29.3 Å². The predicted octanol–water partition coefficient (Wildman–Crippen LogP) is 2.81. The number of esters is 1. The van der Waals surface area contributed by atoms with Crippen molar-refractivity contribution in [2.75, 3.05) is 7.11 Å². The van der Waals surface area contributed by atoms with Gasteiger partial charge in [-0.2, -0.15) is 0 Å². The molecule has 124 valence electrons. The molecule has 0 aromatic heterocycles. The van der Waals surface area contributed by atoms with Crippen molar-refractivity contribution in [3.05, 3.63) is 31.8 Å². The Labute approximate surface area is 149 Å². The number of nitrogens with one attached hydrogen (secondary N) is 2. The second kappa shape index (κ2) is 6.79. The summed E-state index contributed by atoms with van der Waals surface area (Å²) >= 11 is 6.25. The number of carbonyl (C=O) groups is 2. The SMILES string of the molecule is CCC1=C(C(=O)OC)C(c2cc(Br)c(O)c(Br)c2O)NC(=O)N1. The van der Waals surface area contributed by atoms with Crippen LogP contribution in [0.15, 0.2) is 26.3 Å². The first kappa shape index (κ1) is 17.6. The monoisotopic (exact) mass is 448 g/mol. The van der Waals surface area contributed by atoms with Crippen LogP contribution in [-0.2, 0) is 9.53 Å². The zero-order valence-electron chi connectivity index (χ0n) is 12.2. The number of carbonyl (C=O) groups excluding carboxylic acids is 2. The summed E-state index contributed by atoms with van der Waals surface area (Å²) in [7, 11) is 1.23. The molecule has 1 aliphatic heterocycles. The minimum Gasteiger partial charge on any atom is -0.506 e. The summed E-state index contributed by atoms with van der Waals surface area (Å²) in [5.41, 5.74) is 0.836. The van der Waals surface area contributed by atoms with Gasteiger partial charge in [0.25, 0.3) is 0 Å². The molecule has 7 nitrogen and oxygen atoms in total. The van der Waals surface area contributed by atoms with Gasteiger partial charge < -0.3 is 25.6 Å². The van der Waals surface area contributed by atoms with E-state index >= 15 is 0 Å². The summed E-state index contributed by atoms with van der Waals surface area (Å²) in [6, 6.07) is 0.0145. The predicted molar refractivity (Wildman–Crippen MR) is 88.9 cm³/mol. The van der Waals surface area contributed by atoms with Gasteiger partial charge in [-0.05, 0) is 44.3 Å². The van der Waals surface area contributed by atoms with Crippen LogP contribution in [0.4, 0.5) is 4.79 Å². The lowest BCUT2D eigenvalue weighted by atomic mass is 9.93. The molecular formula is C14H14Br2N2O5. The molecule has 0 spiro atoms. The lowest BCUT2D eigenvalue weighted by Gasteiger charge is -2.29. The zero-order chi connectivity index (χ0) is 17.3. The average molecular weight is 450 g/mol. The third kappa shape index (κ3) is 3.16. The molecular weight excluding hydrogens is 436 g/mol. The first-order valence-corrected chi connectivity index (χ1v) is 8.19. The third-order valence-corrected chi connectivity index (χ3v) is 4.78. The number of allylic oxidation sites excluding steroid dienone is 1. The van der Waals surface area contributed by atoms with Crippen LogP contribution in [0.5, 0.6) is 11.5 Å². The lowest BCUT2D eigenvalue weighted by molar-refractivity contribution is -0.136. The Kier molecular flexibility index (Phi) is 5.20. The zero-order valence-corrected chi connectivity index (χ0v) is 15.4. The van der Waals surface area contributed by atoms with Crippen LogP contribution in [0.2, 0.25) is 0 Å². The van der Waals surface area contributed by atoms with Crippen molar-refractivity contribution in [2.24, 2.45) is 0 Å². The fourth-order valence-electron chi connectivity index (χ4n) is 2.32. The van der Waals surface area contributed by atoms with Crippen molar-refractivity contribution in [3.8, 4) is 11.5 Å². The van der Waals surface area contributed by atoms with Crippen LogP contribution >= 0.6 is 31.9 Å². The highest BCUT2D eigenvalue weighted by Gasteiger charge is 2.35. The molecule has 1 unspecified atom stereocenters. The maximum absolute atomic E-state index is 12.1. The van der Waals surface area contributed by atoms with Gasteiger partial charge in [-0.25, -0.2) is 9.59 Å². The summed E-state index contributed by atoms with van der Waals surface area (Å²) in [4.78, 5) is 24.0. The fourth-order valence-corrected chi connectivity index (χ4v) is 3.47. The molecule has 0 saturated heterocycles. The van der Waals surface area contributed by atoms with E-state index in [-0.39, 0.29) is 27.1 Å². The Morgan fingerprint density at radius 2 is 2.00 bits per heavy atom. The van der Waals surface area contributed by atoms with E-state index in [0.717, 1.165) is 0 Å². The van der Waals surface area contributed by atoms with E-state index in [9.17, 15) is 19.8 Å². The molecule has 1 aromatic carbocycles. The summed E-state index contributed by atoms with van der Waals surface area (Å²) in [6.45, 7) is 1.78. The highest BCUT2D eigenvalue weighted by molar-refractivity contribution is 9.11. The number of amides is 2. The van der Waals surface area contributed by atoms with E-state index in [2.05, 4.69) is 42.5 Å². The highest BCUT2D eigenvalue weighted by atomic mass is 79.9. The van der Waals surface area contributed by atoms with Gasteiger partial charge in [0.1, 0.15) is 16.0 Å². The van der Waals surface area contributed by atoms with Gasteiger partial charge in [0.15, 0.2) is 0 Å². The Morgan fingerprint density at radius 1 is 1.35 bits per heavy atom. The molecule has 1 aliphatic rings. The molecule has 4 N–H and O–H groups in total. The molecule has 2 rings (SSSR count). The molecule has 1 aromatic rings. The molecule has 0 saturated carbocycles. The number of hydrogen-bond acceptors (Lipinski definition) is 5. The number of phenolic OH excluding ortho intramolecular Hbond substituents is 2. The normalized spacial score (nSPS) is 17.6. The topological polar surface area (TPSA) is 108 Å². The van der Waals surface area contributed by atoms with E-state index in [1.165, 1.54) is 13.2 Å². The quantitative estimate of drug-likeness (QED) is 0.530. The minimum atomic E-state index is -0.917. The van der Waals surface area contributed by atoms with Crippen LogP contribution < -0.4 is 10.6 Å². The first-order chi connectivity index (χ1) is 10.8. The molecule has 1 heterocycles. The van der Waals surface area contributed by atoms with Gasteiger partial charge >= 0.3 is 12.0 Å². The van der Waals surface area contributed by atoms with Gasteiger partial charge in [-0.3, -0.25) is 0 Å². The minimum absolute atomic E-state index is 0.0527. The molecule has 0 radical (unpaired) electrons. The van der Waals surface area contributed by atoms with Gasteiger partial charge in [0, 0.05) is 11.3 Å². The Balaban J connectivity index is 2.69. The number of aromatic hydroxyl groups is 2. The van der Waals surface area contributed by atoms with Crippen molar-refractivity contribution < 1.29 is 24.5 Å². The summed E-state index contributed by atoms with van der Waals surface area (Å²) < 4.78 is 5.14. The third-order valence-electron chi connectivity index (χ3n) is 3.42. The van der Waals surface area contributed by atoms with E-state index in [0.29, 0.717) is 16.6 Å². The molecule has 9 heteroatoms. The Morgan fingerprint density at radius 3 is 2.57 bits per heavy atom. The maximum Gasteiger partial charge on any atom is 0.337 e. The molecule has 1 atom stereocenters. The lowest BCUT2D eigenvalue weighted by Crippen LogP contribution is -2.45. The molecule has 23 heavy (non-hydrogen) atoms. The van der Waals surface area contributed by atoms with E-state index in [1.807, 2.05) is 0 Å². The Hall–Kier alpha value is -1.74. The number of benzene rings is 1. The largest absolute Gasteiger partial charge is 0.506 e. The van der Waals surface area contributed by atoms with Gasteiger partial charge in [-0.15, -0.1) is 0 Å². The Bertz CT molecular complexity index is 718. The second-order valence-electron chi connectivity index (χ2n) is 4.73. The van der Waals surface area contributed by atoms with Crippen LogP contribution in [0.1, 0.15) is 24.9 Å². The van der Waals surface area contributed by atoms with Crippen molar-refractivity contribution in [3.63, 3.8) is 0 Å². The highest BCUT2D eigenvalue weighted by Crippen LogP contribution is 2.45. The van der Waals surface area contributed by atoms with Crippen molar-refractivity contribution in [1.29, 1.82) is 0 Å². The number of methoxy groups -OCH3 is 1. The summed E-state index contributed by atoms with van der Waals surface area (Å²) in [6.07, 6.45) is 0.398. The van der Waals surface area contributed by atoms with E-state index < -0.39 is 18.0 Å². The van der Waals surface area contributed by atoms with Crippen LogP contribution in [0.3, 0.4) is 0 Å². The van der Waals surface area contributed by atoms with Crippen LogP contribution in [0.25, 0.3) is 0 Å². The molecule has 0 fully saturated rings. The average Bonchev–Trinajstić information content (AvgIpc) is 2.54. The van der Waals surface area contributed by atoms with Gasteiger partial charge in [0.05, 0.1) is 23.2 Å². The standard InChI is InChI=1S/C14H14Br2N2O5/c1-3-7-8(13(21)23-2)10(18-14(22)17-7)5-4-6(15)12(20)9(16)11(5)19/h4,10,19-20H,3H2,1-2H3,(H2,17,18,22). The summed E-state index contributed by atoms with van der Waals surface area (Å²) in [5, 5.41) is 25.3. The number of halogens is 2. The van der Waals surface area contributed by atoms with Gasteiger partial charge in [0.2, 0.25) is 0 Å². The maximum atomic E-state index is 12.1. The fraction of sp³-hybridized carbons (Fsp3) is 0.286. The number of rotatable bonds is 3. The second-order valence-corrected chi connectivity index (χ2v) is 6.37. The number of urea groups is 1. The van der Waals surface area contributed by atoms with Crippen molar-refractivity contribution >= 4 is 43.9 Å². The van der Waals surface area contributed by atoms with E-state index in [4.69, 9.17) is 4.74 Å². The molecule has 2 amide bonds. The van der Waals surface area contributed by atoms with E-state index in [1.54, 1.807) is 6.92 Å².